The van der Waals surface area contributed by atoms with E-state index in [1.165, 1.54) is 0 Å². The second-order valence-corrected chi connectivity index (χ2v) is 19.1. The molecule has 0 saturated heterocycles. The van der Waals surface area contributed by atoms with Gasteiger partial charge in [0.05, 0.1) is 0 Å². The van der Waals surface area contributed by atoms with E-state index in [9.17, 15) is 0 Å². The Morgan fingerprint density at radius 1 is 0.645 bits per heavy atom. The van der Waals surface area contributed by atoms with E-state index >= 15 is 0 Å². The van der Waals surface area contributed by atoms with Gasteiger partial charge in [-0.2, -0.15) is 0 Å². The van der Waals surface area contributed by atoms with Crippen molar-refractivity contribution in [3.8, 4) is 0 Å². The molecule has 0 aromatic rings. The molecule has 0 radical (unpaired) electrons. The SMILES string of the molecule is C.C.C=C[Si](C)(OC)OC.CO[SiH](C)OC.CO[Si](C)(CCC[Si](C)(OC)OC)OC. The summed E-state index contributed by atoms with van der Waals surface area (Å²) in [6, 6.07) is 1.96. The van der Waals surface area contributed by atoms with E-state index in [1.807, 2.05) is 13.1 Å². The van der Waals surface area contributed by atoms with Crippen LogP contribution in [0.3, 0.4) is 0 Å². The third kappa shape index (κ3) is 21.9. The Morgan fingerprint density at radius 2 is 0.935 bits per heavy atom. The third-order valence-corrected chi connectivity index (χ3v) is 14.5. The number of rotatable bonds is 13. The lowest BCUT2D eigenvalue weighted by atomic mass is 10.6. The van der Waals surface area contributed by atoms with Gasteiger partial charge in [0.25, 0.3) is 0 Å². The molecule has 0 rings (SSSR count). The van der Waals surface area contributed by atoms with Gasteiger partial charge in [-0.25, -0.2) is 0 Å². The second kappa shape index (κ2) is 23.4. The smallest absolute Gasteiger partial charge is 0.360 e. The minimum atomic E-state index is -1.91. The Balaban J connectivity index is -0.000000120. The lowest BCUT2D eigenvalue weighted by Gasteiger charge is -2.26. The molecule has 0 heterocycles. The van der Waals surface area contributed by atoms with E-state index in [-0.39, 0.29) is 14.9 Å². The number of hydrogen-bond donors (Lipinski definition) is 0. The highest BCUT2D eigenvalue weighted by molar-refractivity contribution is 6.71. The van der Waals surface area contributed by atoms with E-state index in [2.05, 4.69) is 19.7 Å². The molecule has 8 nitrogen and oxygen atoms in total. The van der Waals surface area contributed by atoms with Gasteiger partial charge in [-0.05, 0) is 50.4 Å². The molecular weight excluding hydrogens is 469 g/mol. The molecule has 0 spiro atoms. The Hall–Kier alpha value is 0.288. The average Bonchev–Trinajstić information content (AvgIpc) is 2.78. The zero-order valence-corrected chi connectivity index (χ0v) is 24.9. The third-order valence-electron chi connectivity index (χ3n) is 4.83. The van der Waals surface area contributed by atoms with E-state index in [0.29, 0.717) is 0 Å². The molecule has 0 atom stereocenters. The summed E-state index contributed by atoms with van der Waals surface area (Å²) in [5.41, 5.74) is 1.74. The van der Waals surface area contributed by atoms with Crippen molar-refractivity contribution in [3.63, 3.8) is 0 Å². The predicted octanol–water partition coefficient (Wildman–Crippen LogP) is 4.58. The maximum Gasteiger partial charge on any atom is 0.360 e. The van der Waals surface area contributed by atoms with Crippen LogP contribution in [0.15, 0.2) is 12.3 Å². The van der Waals surface area contributed by atoms with Gasteiger partial charge in [-0.3, -0.25) is 0 Å². The van der Waals surface area contributed by atoms with Gasteiger partial charge in [-0.15, -0.1) is 6.58 Å². The molecule has 0 amide bonds. The van der Waals surface area contributed by atoms with E-state index in [0.717, 1.165) is 18.5 Å². The summed E-state index contributed by atoms with van der Waals surface area (Å²) in [7, 11) is 6.60. The molecule has 0 bridgehead atoms. The molecule has 0 aromatic carbocycles. The quantitative estimate of drug-likeness (QED) is 0.325. The van der Waals surface area contributed by atoms with Crippen molar-refractivity contribution in [2.75, 3.05) is 56.9 Å². The summed E-state index contributed by atoms with van der Waals surface area (Å²) in [4.78, 5) is 0. The zero-order valence-electron chi connectivity index (χ0n) is 20.7. The first-order chi connectivity index (χ1) is 13.4. The van der Waals surface area contributed by atoms with Crippen molar-refractivity contribution in [3.05, 3.63) is 12.3 Å². The number of hydrogen-bond acceptors (Lipinski definition) is 8. The fraction of sp³-hybridized carbons (Fsp3) is 0.895. The van der Waals surface area contributed by atoms with Crippen molar-refractivity contribution in [1.29, 1.82) is 0 Å². The van der Waals surface area contributed by atoms with E-state index in [4.69, 9.17) is 35.4 Å². The molecular formula is C19H54O8Si4. The summed E-state index contributed by atoms with van der Waals surface area (Å²) in [6.07, 6.45) is 1.04. The Morgan fingerprint density at radius 3 is 1.03 bits per heavy atom. The largest absolute Gasteiger partial charge is 0.400 e. The van der Waals surface area contributed by atoms with Crippen LogP contribution in [0, 0.1) is 0 Å². The first kappa shape index (κ1) is 41.5. The highest BCUT2D eigenvalue weighted by Gasteiger charge is 2.33. The molecule has 0 N–H and O–H groups in total. The molecule has 0 saturated carbocycles. The standard InChI is InChI=1S/C9H24O4Si2.C5H12O2Si.C3H10O2Si.2CH4/c1-10-14(5,11-2)8-7-9-15(6,12-3)13-4;1-5-8(4,6-2)7-3;1-4-6(3)5-2;;/h7-9H2,1-6H3;5H,1H2,2-4H3;6H,1-3H3;2*1H4. The van der Waals surface area contributed by atoms with Crippen LogP contribution in [0.5, 0.6) is 0 Å². The van der Waals surface area contributed by atoms with Crippen LogP contribution >= 0.6 is 0 Å². The second-order valence-electron chi connectivity index (χ2n) is 6.61. The van der Waals surface area contributed by atoms with Crippen molar-refractivity contribution in [1.82, 2.24) is 0 Å². The molecule has 0 unspecified atom stereocenters. The lowest BCUT2D eigenvalue weighted by Crippen LogP contribution is -2.39. The molecule has 0 fully saturated rings. The van der Waals surface area contributed by atoms with Crippen LogP contribution in [0.4, 0.5) is 0 Å². The van der Waals surface area contributed by atoms with Crippen LogP contribution in [0.25, 0.3) is 0 Å². The fourth-order valence-corrected chi connectivity index (χ4v) is 5.49. The molecule has 0 aliphatic rings. The molecule has 12 heteroatoms. The summed E-state index contributed by atoms with van der Waals surface area (Å²) in [5.74, 6) is 0. The topological polar surface area (TPSA) is 73.8 Å². The van der Waals surface area contributed by atoms with Gasteiger partial charge < -0.3 is 35.4 Å². The van der Waals surface area contributed by atoms with Gasteiger partial charge in [0, 0.05) is 56.9 Å². The van der Waals surface area contributed by atoms with Crippen LogP contribution in [0.1, 0.15) is 21.3 Å². The van der Waals surface area contributed by atoms with Crippen molar-refractivity contribution < 1.29 is 35.4 Å². The Bertz CT molecular complexity index is 358. The Kier molecular flexibility index (Phi) is 31.4. The van der Waals surface area contributed by atoms with Gasteiger partial charge in [0.1, 0.15) is 0 Å². The van der Waals surface area contributed by atoms with E-state index < -0.39 is 35.0 Å². The monoisotopic (exact) mass is 522 g/mol. The molecule has 0 aliphatic heterocycles. The predicted molar refractivity (Wildman–Crippen MR) is 142 cm³/mol. The molecule has 31 heavy (non-hydrogen) atoms. The van der Waals surface area contributed by atoms with Crippen molar-refractivity contribution in [2.24, 2.45) is 0 Å². The van der Waals surface area contributed by atoms with Crippen LogP contribution < -0.4 is 0 Å². The van der Waals surface area contributed by atoms with Crippen molar-refractivity contribution in [2.45, 2.75) is 59.6 Å². The molecule has 194 valence electrons. The maximum absolute atomic E-state index is 5.42. The van der Waals surface area contributed by atoms with Gasteiger partial charge in [-0.1, -0.05) is 14.9 Å². The first-order valence-electron chi connectivity index (χ1n) is 9.44. The molecule has 0 aliphatic carbocycles. The minimum absolute atomic E-state index is 0. The van der Waals surface area contributed by atoms with E-state index in [1.54, 1.807) is 62.6 Å². The highest BCUT2D eigenvalue weighted by Crippen LogP contribution is 2.21. The summed E-state index contributed by atoms with van der Waals surface area (Å²) >= 11 is 0. The lowest BCUT2D eigenvalue weighted by molar-refractivity contribution is 0.241. The van der Waals surface area contributed by atoms with Crippen molar-refractivity contribution >= 4 is 35.0 Å². The van der Waals surface area contributed by atoms with Gasteiger partial charge in [0.15, 0.2) is 0 Å². The molecule has 0 aromatic heterocycles. The summed E-state index contributed by atoms with van der Waals surface area (Å²) in [6.45, 7) is 11.6. The minimum Gasteiger partial charge on any atom is -0.400 e. The normalized spacial score (nSPS) is 11.3. The highest BCUT2D eigenvalue weighted by atomic mass is 28.4. The maximum atomic E-state index is 5.42. The summed E-state index contributed by atoms with van der Waals surface area (Å²) in [5, 5.41) is 0. The Labute approximate surface area is 199 Å². The zero-order chi connectivity index (χ0) is 23.6. The van der Waals surface area contributed by atoms with Crippen LogP contribution in [-0.2, 0) is 35.4 Å². The van der Waals surface area contributed by atoms with Gasteiger partial charge >= 0.3 is 35.0 Å². The summed E-state index contributed by atoms with van der Waals surface area (Å²) < 4.78 is 41.4. The van der Waals surface area contributed by atoms with Gasteiger partial charge in [0.2, 0.25) is 0 Å². The average molecular weight is 523 g/mol. The first-order valence-corrected chi connectivity index (χ1v) is 19.0. The van der Waals surface area contributed by atoms with Crippen LogP contribution in [-0.4, -0.2) is 91.8 Å². The van der Waals surface area contributed by atoms with Crippen LogP contribution in [0.2, 0.25) is 38.3 Å². The fourth-order valence-electron chi connectivity index (χ4n) is 1.65.